The van der Waals surface area contributed by atoms with Crippen molar-refractivity contribution in [3.8, 4) is 11.5 Å². The molecule has 1 N–H and O–H groups in total. The molecule has 0 amide bonds. The van der Waals surface area contributed by atoms with E-state index in [1.165, 1.54) is 0 Å². The van der Waals surface area contributed by atoms with E-state index in [1.54, 1.807) is 0 Å². The Balaban J connectivity index is 2.33. The van der Waals surface area contributed by atoms with Crippen molar-refractivity contribution >= 4 is 15.6 Å². The maximum atomic E-state index is 11.3. The number of sulfonamides is 1. The number of hydrogen-bond donors (Lipinski definition) is 1. The quantitative estimate of drug-likeness (QED) is 0.729. The minimum absolute atomic E-state index is 0.217. The molecule has 0 atom stereocenters. The summed E-state index contributed by atoms with van der Waals surface area (Å²) in [5, 5.41) is 0. The molecule has 0 saturated heterocycles. The molecule has 0 fully saturated rings. The van der Waals surface area contributed by atoms with Crippen LogP contribution >= 0.6 is 0 Å². The summed E-state index contributed by atoms with van der Waals surface area (Å²) in [6, 6.07) is 15.5. The van der Waals surface area contributed by atoms with E-state index in [1.807, 2.05) is 68.5 Å². The van der Waals surface area contributed by atoms with Crippen molar-refractivity contribution in [1.29, 1.82) is 0 Å². The minimum atomic E-state index is -3.25. The van der Waals surface area contributed by atoms with E-state index in [0.29, 0.717) is 13.2 Å². The third-order valence-corrected chi connectivity index (χ3v) is 4.30. The second-order valence-electron chi connectivity index (χ2n) is 5.65. The maximum Gasteiger partial charge on any atom is 0.208 e. The van der Waals surface area contributed by atoms with Crippen LogP contribution in [-0.4, -0.2) is 34.4 Å². The maximum absolute atomic E-state index is 11.3. The molecule has 6 heteroatoms. The zero-order valence-electron chi connectivity index (χ0n) is 15.4. The molecule has 0 unspecified atom stereocenters. The Labute approximate surface area is 155 Å². The Morgan fingerprint density at radius 1 is 0.885 bits per heavy atom. The van der Waals surface area contributed by atoms with Gasteiger partial charge >= 0.3 is 0 Å². The minimum Gasteiger partial charge on any atom is -0.494 e. The Bertz CT molecular complexity index is 774. The van der Waals surface area contributed by atoms with E-state index < -0.39 is 10.0 Å². The SMILES string of the molecule is CCOc1ccc(C(=CCNS(C)(=O)=O)c2ccc(OCC)cc2)cc1. The molecule has 0 saturated carbocycles. The van der Waals surface area contributed by atoms with E-state index in [0.717, 1.165) is 34.5 Å². The highest BCUT2D eigenvalue weighted by Gasteiger charge is 2.07. The molecule has 2 rings (SSSR count). The smallest absolute Gasteiger partial charge is 0.208 e. The normalized spacial score (nSPS) is 11.0. The summed E-state index contributed by atoms with van der Waals surface area (Å²) in [6.07, 6.45) is 3.01. The van der Waals surface area contributed by atoms with Crippen LogP contribution in [0.2, 0.25) is 0 Å². The molecule has 0 bridgehead atoms. The molecule has 140 valence electrons. The highest BCUT2D eigenvalue weighted by atomic mass is 32.2. The number of benzene rings is 2. The van der Waals surface area contributed by atoms with E-state index in [9.17, 15) is 8.42 Å². The van der Waals surface area contributed by atoms with Crippen LogP contribution in [0.5, 0.6) is 11.5 Å². The molecule has 2 aromatic rings. The van der Waals surface area contributed by atoms with Gasteiger partial charge in [0.15, 0.2) is 0 Å². The van der Waals surface area contributed by atoms with Gasteiger partial charge < -0.3 is 9.47 Å². The fraction of sp³-hybridized carbons (Fsp3) is 0.300. The summed E-state index contributed by atoms with van der Waals surface area (Å²) in [5.74, 6) is 1.60. The molecule has 26 heavy (non-hydrogen) atoms. The van der Waals surface area contributed by atoms with Crippen molar-refractivity contribution in [2.24, 2.45) is 0 Å². The van der Waals surface area contributed by atoms with Crippen LogP contribution in [0.1, 0.15) is 25.0 Å². The van der Waals surface area contributed by atoms with Crippen molar-refractivity contribution in [1.82, 2.24) is 4.72 Å². The molecule has 0 radical (unpaired) electrons. The van der Waals surface area contributed by atoms with Gasteiger partial charge in [0.25, 0.3) is 0 Å². The zero-order valence-corrected chi connectivity index (χ0v) is 16.2. The average molecular weight is 375 g/mol. The van der Waals surface area contributed by atoms with Crippen LogP contribution in [0.4, 0.5) is 0 Å². The van der Waals surface area contributed by atoms with Crippen LogP contribution in [0.3, 0.4) is 0 Å². The van der Waals surface area contributed by atoms with Crippen LogP contribution in [0, 0.1) is 0 Å². The first kappa shape index (κ1) is 20.0. The Morgan fingerprint density at radius 2 is 1.31 bits per heavy atom. The zero-order chi connectivity index (χ0) is 19.0. The van der Waals surface area contributed by atoms with Crippen molar-refractivity contribution < 1.29 is 17.9 Å². The molecule has 0 aliphatic carbocycles. The van der Waals surface area contributed by atoms with Crippen LogP contribution in [0.25, 0.3) is 5.57 Å². The lowest BCUT2D eigenvalue weighted by Gasteiger charge is -2.12. The van der Waals surface area contributed by atoms with Gasteiger partial charge in [-0.2, -0.15) is 0 Å². The van der Waals surface area contributed by atoms with E-state index in [4.69, 9.17) is 9.47 Å². The lowest BCUT2D eigenvalue weighted by atomic mass is 9.97. The molecule has 5 nitrogen and oxygen atoms in total. The van der Waals surface area contributed by atoms with Gasteiger partial charge in [-0.15, -0.1) is 0 Å². The summed E-state index contributed by atoms with van der Waals surface area (Å²) in [5.41, 5.74) is 2.90. The Hall–Kier alpha value is -2.31. The molecular weight excluding hydrogens is 350 g/mol. The Morgan fingerprint density at radius 3 is 1.65 bits per heavy atom. The van der Waals surface area contributed by atoms with Gasteiger partial charge in [-0.05, 0) is 54.8 Å². The predicted octanol–water partition coefficient (Wildman–Crippen LogP) is 3.46. The predicted molar refractivity (Wildman–Crippen MR) is 105 cm³/mol. The highest BCUT2D eigenvalue weighted by molar-refractivity contribution is 7.88. The van der Waals surface area contributed by atoms with E-state index in [2.05, 4.69) is 4.72 Å². The summed E-state index contributed by atoms with van der Waals surface area (Å²) >= 11 is 0. The molecular formula is C20H25NO4S. The molecule has 0 aliphatic rings. The first-order chi connectivity index (χ1) is 12.4. The summed E-state index contributed by atoms with van der Waals surface area (Å²) in [6.45, 7) is 5.32. The molecule has 2 aromatic carbocycles. The van der Waals surface area contributed by atoms with Crippen molar-refractivity contribution in [2.75, 3.05) is 26.0 Å². The molecule has 0 aromatic heterocycles. The lowest BCUT2D eigenvalue weighted by Crippen LogP contribution is -2.21. The summed E-state index contributed by atoms with van der Waals surface area (Å²) in [4.78, 5) is 0. The summed E-state index contributed by atoms with van der Waals surface area (Å²) < 4.78 is 36.2. The van der Waals surface area contributed by atoms with Gasteiger partial charge in [-0.3, -0.25) is 0 Å². The molecule has 0 heterocycles. The van der Waals surface area contributed by atoms with Gasteiger partial charge in [0.05, 0.1) is 19.5 Å². The van der Waals surface area contributed by atoms with Crippen molar-refractivity contribution in [3.63, 3.8) is 0 Å². The number of nitrogens with one attached hydrogen (secondary N) is 1. The van der Waals surface area contributed by atoms with Gasteiger partial charge in [0, 0.05) is 6.54 Å². The number of ether oxygens (including phenoxy) is 2. The fourth-order valence-electron chi connectivity index (χ4n) is 2.49. The second kappa shape index (κ2) is 9.40. The lowest BCUT2D eigenvalue weighted by molar-refractivity contribution is 0.340. The number of rotatable bonds is 9. The topological polar surface area (TPSA) is 64.6 Å². The van der Waals surface area contributed by atoms with E-state index >= 15 is 0 Å². The Kier molecular flexibility index (Phi) is 7.24. The summed E-state index contributed by atoms with van der Waals surface area (Å²) in [7, 11) is -3.25. The fourth-order valence-corrected chi connectivity index (χ4v) is 2.88. The third kappa shape index (κ3) is 6.20. The largest absolute Gasteiger partial charge is 0.494 e. The van der Waals surface area contributed by atoms with Gasteiger partial charge in [-0.25, -0.2) is 13.1 Å². The standard InChI is InChI=1S/C20H25NO4S/c1-4-24-18-10-6-16(7-11-18)20(14-15-21-26(3,22)23)17-8-12-19(13-9-17)25-5-2/h6-14,21H,4-5,15H2,1-3H3. The molecule has 0 spiro atoms. The van der Waals surface area contributed by atoms with Crippen LogP contribution in [0.15, 0.2) is 54.6 Å². The highest BCUT2D eigenvalue weighted by Crippen LogP contribution is 2.27. The van der Waals surface area contributed by atoms with Crippen LogP contribution < -0.4 is 14.2 Å². The van der Waals surface area contributed by atoms with Crippen molar-refractivity contribution in [2.45, 2.75) is 13.8 Å². The molecule has 0 aliphatic heterocycles. The first-order valence-electron chi connectivity index (χ1n) is 8.54. The monoisotopic (exact) mass is 375 g/mol. The number of hydrogen-bond acceptors (Lipinski definition) is 4. The van der Waals surface area contributed by atoms with Gasteiger partial charge in [0.2, 0.25) is 10.0 Å². The van der Waals surface area contributed by atoms with Crippen molar-refractivity contribution in [3.05, 3.63) is 65.7 Å². The van der Waals surface area contributed by atoms with E-state index in [-0.39, 0.29) is 6.54 Å². The second-order valence-corrected chi connectivity index (χ2v) is 7.49. The van der Waals surface area contributed by atoms with Gasteiger partial charge in [0.1, 0.15) is 11.5 Å². The first-order valence-corrected chi connectivity index (χ1v) is 10.4. The van der Waals surface area contributed by atoms with Gasteiger partial charge in [-0.1, -0.05) is 30.3 Å². The van der Waals surface area contributed by atoms with Crippen LogP contribution in [-0.2, 0) is 10.0 Å². The average Bonchev–Trinajstić information content (AvgIpc) is 2.60. The third-order valence-electron chi connectivity index (χ3n) is 3.60.